The Kier molecular flexibility index (Phi) is 4.90. The number of Topliss-reactive ketones (excluding diaryl/α,β-unsaturated/α-hetero) is 1. The molecule has 17 heavy (non-hydrogen) atoms. The summed E-state index contributed by atoms with van der Waals surface area (Å²) in [6.07, 6.45) is 1.62. The van der Waals surface area contributed by atoms with Crippen molar-refractivity contribution in [2.75, 3.05) is 13.7 Å². The van der Waals surface area contributed by atoms with Crippen LogP contribution in [0.3, 0.4) is 0 Å². The van der Waals surface area contributed by atoms with Gasteiger partial charge in [-0.25, -0.2) is 4.79 Å². The molecule has 5 heteroatoms. The smallest absolute Gasteiger partial charge is 0.352 e. The fourth-order valence-electron chi connectivity index (χ4n) is 1.72. The lowest BCUT2D eigenvalue weighted by Crippen LogP contribution is -2.13. The number of hydrogen-bond donors (Lipinski definition) is 1. The van der Waals surface area contributed by atoms with Crippen molar-refractivity contribution in [3.05, 3.63) is 23.5 Å². The van der Waals surface area contributed by atoms with E-state index in [-0.39, 0.29) is 11.5 Å². The first-order valence-electron chi connectivity index (χ1n) is 5.50. The van der Waals surface area contributed by atoms with Crippen molar-refractivity contribution in [3.8, 4) is 0 Å². The summed E-state index contributed by atoms with van der Waals surface area (Å²) < 4.78 is 6.48. The Morgan fingerprint density at radius 3 is 2.47 bits per heavy atom. The number of carbonyl (C=O) groups excluding carboxylic acids is 1. The van der Waals surface area contributed by atoms with Crippen LogP contribution in [0.2, 0.25) is 0 Å². The summed E-state index contributed by atoms with van der Waals surface area (Å²) in [7, 11) is 1.62. The molecule has 0 bridgehead atoms. The van der Waals surface area contributed by atoms with Crippen LogP contribution in [-0.2, 0) is 11.3 Å². The fraction of sp³-hybridized carbons (Fsp3) is 0.500. The number of rotatable bonds is 7. The van der Waals surface area contributed by atoms with Gasteiger partial charge in [-0.2, -0.15) is 0 Å². The number of carboxylic acids is 1. The van der Waals surface area contributed by atoms with Gasteiger partial charge in [-0.1, -0.05) is 0 Å². The van der Waals surface area contributed by atoms with Crippen LogP contribution >= 0.6 is 0 Å². The average molecular weight is 239 g/mol. The zero-order valence-corrected chi connectivity index (χ0v) is 10.1. The van der Waals surface area contributed by atoms with Crippen LogP contribution in [0.4, 0.5) is 0 Å². The number of ether oxygens (including phenoxy) is 1. The Hall–Kier alpha value is -1.62. The van der Waals surface area contributed by atoms with Crippen LogP contribution in [0.25, 0.3) is 0 Å². The molecule has 5 nitrogen and oxygen atoms in total. The summed E-state index contributed by atoms with van der Waals surface area (Å²) in [5.74, 6) is -1.13. The monoisotopic (exact) mass is 239 g/mol. The summed E-state index contributed by atoms with van der Waals surface area (Å²) in [4.78, 5) is 22.3. The van der Waals surface area contributed by atoms with E-state index in [1.807, 2.05) is 0 Å². The SMILES string of the molecule is COCCCCn1c(C(C)=O)ccc1C(=O)O. The molecule has 94 valence electrons. The number of nitrogens with zero attached hydrogens (tertiary/aromatic N) is 1. The van der Waals surface area contributed by atoms with Gasteiger partial charge in [0.05, 0.1) is 5.69 Å². The van der Waals surface area contributed by atoms with E-state index in [2.05, 4.69) is 0 Å². The van der Waals surface area contributed by atoms with Crippen LogP contribution in [0.5, 0.6) is 0 Å². The Bertz CT molecular complexity index is 377. The molecule has 0 aromatic carbocycles. The number of aromatic carboxylic acids is 1. The molecule has 0 spiro atoms. The molecule has 1 N–H and O–H groups in total. The molecule has 0 unspecified atom stereocenters. The lowest BCUT2D eigenvalue weighted by atomic mass is 10.3. The van der Waals surface area contributed by atoms with Gasteiger partial charge in [-0.05, 0) is 25.0 Å². The van der Waals surface area contributed by atoms with Crippen molar-refractivity contribution in [1.82, 2.24) is 4.57 Å². The maximum atomic E-state index is 11.4. The third-order valence-corrected chi connectivity index (χ3v) is 2.54. The first kappa shape index (κ1) is 13.4. The van der Waals surface area contributed by atoms with Crippen molar-refractivity contribution >= 4 is 11.8 Å². The molecule has 0 amide bonds. The minimum atomic E-state index is -1.01. The Labute approximate surface area is 100 Å². The van der Waals surface area contributed by atoms with Gasteiger partial charge in [0.15, 0.2) is 5.78 Å². The van der Waals surface area contributed by atoms with Gasteiger partial charge in [-0.15, -0.1) is 0 Å². The van der Waals surface area contributed by atoms with Crippen LogP contribution in [0.15, 0.2) is 12.1 Å². The lowest BCUT2D eigenvalue weighted by molar-refractivity contribution is 0.0684. The maximum absolute atomic E-state index is 11.4. The van der Waals surface area contributed by atoms with E-state index in [0.717, 1.165) is 12.8 Å². The summed E-state index contributed by atoms with van der Waals surface area (Å²) in [5, 5.41) is 9.01. The third-order valence-electron chi connectivity index (χ3n) is 2.54. The molecular weight excluding hydrogens is 222 g/mol. The van der Waals surface area contributed by atoms with Crippen molar-refractivity contribution in [1.29, 1.82) is 0 Å². The van der Waals surface area contributed by atoms with Gasteiger partial charge < -0.3 is 14.4 Å². The lowest BCUT2D eigenvalue weighted by Gasteiger charge is -2.09. The van der Waals surface area contributed by atoms with Gasteiger partial charge in [0.25, 0.3) is 0 Å². The van der Waals surface area contributed by atoms with Crippen LogP contribution < -0.4 is 0 Å². The molecule has 1 aromatic rings. The zero-order chi connectivity index (χ0) is 12.8. The van der Waals surface area contributed by atoms with Crippen molar-refractivity contribution in [2.45, 2.75) is 26.3 Å². The number of methoxy groups -OCH3 is 1. The highest BCUT2D eigenvalue weighted by atomic mass is 16.5. The van der Waals surface area contributed by atoms with E-state index >= 15 is 0 Å². The van der Waals surface area contributed by atoms with E-state index in [1.165, 1.54) is 13.0 Å². The number of carboxylic acid groups (broad SMARTS) is 1. The highest BCUT2D eigenvalue weighted by molar-refractivity contribution is 5.95. The second kappa shape index (κ2) is 6.20. The maximum Gasteiger partial charge on any atom is 0.352 e. The standard InChI is InChI=1S/C12H17NO4/c1-9(14)10-5-6-11(12(15)16)13(10)7-3-4-8-17-2/h5-6H,3-4,7-8H2,1-2H3,(H,15,16). The molecular formula is C12H17NO4. The third kappa shape index (κ3) is 3.42. The predicted octanol–water partition coefficient (Wildman–Crippen LogP) is 1.82. The van der Waals surface area contributed by atoms with Crippen LogP contribution in [-0.4, -0.2) is 35.1 Å². The molecule has 0 saturated heterocycles. The average Bonchev–Trinajstić information content (AvgIpc) is 2.68. The summed E-state index contributed by atoms with van der Waals surface area (Å²) >= 11 is 0. The molecule has 0 aliphatic heterocycles. The Morgan fingerprint density at radius 2 is 1.94 bits per heavy atom. The molecule has 0 radical (unpaired) electrons. The van der Waals surface area contributed by atoms with Gasteiger partial charge in [0.1, 0.15) is 5.69 Å². The molecule has 0 fully saturated rings. The molecule has 1 heterocycles. The van der Waals surface area contributed by atoms with Crippen LogP contribution in [0.1, 0.15) is 40.7 Å². The number of unbranched alkanes of at least 4 members (excludes halogenated alkanes) is 1. The first-order valence-corrected chi connectivity index (χ1v) is 5.50. The number of aromatic nitrogens is 1. The van der Waals surface area contributed by atoms with E-state index in [0.29, 0.717) is 18.8 Å². The summed E-state index contributed by atoms with van der Waals surface area (Å²) in [6.45, 7) is 2.60. The van der Waals surface area contributed by atoms with E-state index in [9.17, 15) is 9.59 Å². The normalized spacial score (nSPS) is 10.5. The van der Waals surface area contributed by atoms with E-state index in [1.54, 1.807) is 17.7 Å². The van der Waals surface area contributed by atoms with Gasteiger partial charge in [0.2, 0.25) is 0 Å². The molecule has 1 aromatic heterocycles. The first-order chi connectivity index (χ1) is 8.07. The van der Waals surface area contributed by atoms with E-state index in [4.69, 9.17) is 9.84 Å². The minimum absolute atomic E-state index is 0.121. The molecule has 0 aliphatic rings. The zero-order valence-electron chi connectivity index (χ0n) is 10.1. The van der Waals surface area contributed by atoms with Crippen molar-refractivity contribution < 1.29 is 19.4 Å². The number of ketones is 1. The second-order valence-electron chi connectivity index (χ2n) is 3.82. The Balaban J connectivity index is 2.81. The van der Waals surface area contributed by atoms with Crippen LogP contribution in [0, 0.1) is 0 Å². The van der Waals surface area contributed by atoms with Gasteiger partial charge >= 0.3 is 5.97 Å². The highest BCUT2D eigenvalue weighted by Gasteiger charge is 2.15. The van der Waals surface area contributed by atoms with Gasteiger partial charge in [0, 0.05) is 27.2 Å². The quantitative estimate of drug-likeness (QED) is 0.582. The predicted molar refractivity (Wildman–Crippen MR) is 62.5 cm³/mol. The summed E-state index contributed by atoms with van der Waals surface area (Å²) in [5.41, 5.74) is 0.604. The minimum Gasteiger partial charge on any atom is -0.477 e. The highest BCUT2D eigenvalue weighted by Crippen LogP contribution is 2.12. The molecule has 0 atom stereocenters. The van der Waals surface area contributed by atoms with Crippen molar-refractivity contribution in [2.24, 2.45) is 0 Å². The number of carbonyl (C=O) groups is 2. The van der Waals surface area contributed by atoms with Gasteiger partial charge in [-0.3, -0.25) is 4.79 Å². The molecule has 0 aliphatic carbocycles. The van der Waals surface area contributed by atoms with E-state index < -0.39 is 5.97 Å². The number of hydrogen-bond acceptors (Lipinski definition) is 3. The second-order valence-corrected chi connectivity index (χ2v) is 3.82. The molecule has 1 rings (SSSR count). The molecule has 0 saturated carbocycles. The topological polar surface area (TPSA) is 68.5 Å². The fourth-order valence-corrected chi connectivity index (χ4v) is 1.72. The van der Waals surface area contributed by atoms with Crippen molar-refractivity contribution in [3.63, 3.8) is 0 Å². The largest absolute Gasteiger partial charge is 0.477 e. The Morgan fingerprint density at radius 1 is 1.29 bits per heavy atom. The summed E-state index contributed by atoms with van der Waals surface area (Å²) in [6, 6.07) is 3.03.